The largest absolute Gasteiger partial charge is 0.504 e. The molecule has 5 fully saturated rings. The smallest absolute Gasteiger partial charge is 0.238 e. The number of ether oxygens (including phenoxy) is 3. The van der Waals surface area contributed by atoms with Gasteiger partial charge in [-0.25, -0.2) is 0 Å². The molecule has 4 aliphatic heterocycles. The first kappa shape index (κ1) is 34.6. The summed E-state index contributed by atoms with van der Waals surface area (Å²) in [4.78, 5) is 64.9. The van der Waals surface area contributed by atoms with E-state index in [0.29, 0.717) is 50.8 Å². The van der Waals surface area contributed by atoms with Gasteiger partial charge in [0.25, 0.3) is 0 Å². The quantitative estimate of drug-likeness (QED) is 0.274. The second-order valence-corrected chi connectivity index (χ2v) is 14.9. The van der Waals surface area contributed by atoms with E-state index in [1.165, 1.54) is 9.80 Å². The van der Waals surface area contributed by atoms with Gasteiger partial charge < -0.3 is 29.1 Å². The Labute approximate surface area is 313 Å². The Kier molecular flexibility index (Phi) is 8.89. The van der Waals surface area contributed by atoms with E-state index in [0.717, 1.165) is 48.7 Å². The number of anilines is 4. The summed E-state index contributed by atoms with van der Waals surface area (Å²) in [5, 5.41) is 10.6. The molecule has 280 valence electrons. The Hall–Kier alpha value is -5.20. The van der Waals surface area contributed by atoms with Crippen LogP contribution in [0.2, 0.25) is 0 Å². The summed E-state index contributed by atoms with van der Waals surface area (Å²) >= 11 is 0. The number of imide groups is 2. The summed E-state index contributed by atoms with van der Waals surface area (Å²) in [5.74, 6) is -4.53. The summed E-state index contributed by atoms with van der Waals surface area (Å²) in [6, 6.07) is 20.2. The molecule has 3 aromatic carbocycles. The normalized spacial score (nSPS) is 28.2. The van der Waals surface area contributed by atoms with Crippen molar-refractivity contribution in [2.24, 2.45) is 29.6 Å². The molecule has 12 nitrogen and oxygen atoms in total. The van der Waals surface area contributed by atoms with Gasteiger partial charge in [0.1, 0.15) is 0 Å². The number of allylic oxidation sites excluding steroid dienone is 2. The van der Waals surface area contributed by atoms with Crippen LogP contribution in [-0.2, 0) is 28.7 Å². The maximum atomic E-state index is 14.6. The Morgan fingerprint density at radius 3 is 1.72 bits per heavy atom. The van der Waals surface area contributed by atoms with Crippen molar-refractivity contribution in [1.29, 1.82) is 0 Å². The molecule has 1 saturated carbocycles. The fraction of sp³-hybridized carbons (Fsp3) is 0.429. The number of rotatable bonds is 7. The van der Waals surface area contributed by atoms with Gasteiger partial charge in [-0.05, 0) is 91.9 Å². The summed E-state index contributed by atoms with van der Waals surface area (Å²) in [5.41, 5.74) is 4.65. The van der Waals surface area contributed by atoms with Crippen molar-refractivity contribution in [2.45, 2.75) is 25.7 Å². The van der Waals surface area contributed by atoms with Gasteiger partial charge in [-0.1, -0.05) is 17.7 Å². The first-order valence-corrected chi connectivity index (χ1v) is 19.1. The van der Waals surface area contributed by atoms with E-state index >= 15 is 0 Å². The van der Waals surface area contributed by atoms with Crippen LogP contribution in [0.4, 0.5) is 22.7 Å². The summed E-state index contributed by atoms with van der Waals surface area (Å²) < 4.78 is 16.8. The molecule has 4 heterocycles. The molecule has 6 aliphatic rings. The van der Waals surface area contributed by atoms with Gasteiger partial charge in [-0.15, -0.1) is 0 Å². The number of phenols is 1. The van der Waals surface area contributed by atoms with Gasteiger partial charge in [-0.2, -0.15) is 0 Å². The first-order chi connectivity index (χ1) is 26.3. The van der Waals surface area contributed by atoms with Crippen LogP contribution in [0.1, 0.15) is 31.2 Å². The molecule has 0 spiro atoms. The van der Waals surface area contributed by atoms with Crippen LogP contribution < -0.4 is 24.3 Å². The number of benzene rings is 3. The fourth-order valence-electron chi connectivity index (χ4n) is 9.74. The van der Waals surface area contributed by atoms with Gasteiger partial charge in [-0.3, -0.25) is 29.0 Å². The van der Waals surface area contributed by atoms with E-state index in [1.807, 2.05) is 61.5 Å². The number of amides is 4. The highest BCUT2D eigenvalue weighted by atomic mass is 16.5. The lowest BCUT2D eigenvalue weighted by Gasteiger charge is -2.44. The molecule has 9 rings (SSSR count). The molecule has 12 heteroatoms. The third-order valence-electron chi connectivity index (χ3n) is 12.3. The van der Waals surface area contributed by atoms with Crippen molar-refractivity contribution in [2.75, 3.05) is 78.8 Å². The van der Waals surface area contributed by atoms with Gasteiger partial charge >= 0.3 is 0 Å². The van der Waals surface area contributed by atoms with Crippen LogP contribution in [0.3, 0.4) is 0 Å². The number of hydrogen-bond donors (Lipinski definition) is 1. The predicted molar refractivity (Wildman–Crippen MR) is 201 cm³/mol. The van der Waals surface area contributed by atoms with Crippen molar-refractivity contribution in [3.05, 3.63) is 83.9 Å². The minimum atomic E-state index is -0.731. The molecule has 0 radical (unpaired) electrons. The van der Waals surface area contributed by atoms with Gasteiger partial charge in [0.15, 0.2) is 11.5 Å². The number of phenolic OH excluding ortho intramolecular Hbond substituents is 1. The van der Waals surface area contributed by atoms with E-state index in [9.17, 15) is 24.3 Å². The number of fused-ring (bicyclic) bond motifs is 4. The van der Waals surface area contributed by atoms with E-state index < -0.39 is 35.5 Å². The Morgan fingerprint density at radius 2 is 1.17 bits per heavy atom. The van der Waals surface area contributed by atoms with E-state index in [-0.39, 0.29) is 41.5 Å². The molecular weight excluding hydrogens is 688 g/mol. The van der Waals surface area contributed by atoms with E-state index in [2.05, 4.69) is 9.80 Å². The average molecular weight is 733 g/mol. The Balaban J connectivity index is 1.06. The van der Waals surface area contributed by atoms with E-state index in [1.54, 1.807) is 18.2 Å². The zero-order valence-electron chi connectivity index (χ0n) is 30.3. The average Bonchev–Trinajstić information content (AvgIpc) is 3.62. The maximum Gasteiger partial charge on any atom is 0.238 e. The molecule has 4 amide bonds. The molecule has 0 bridgehead atoms. The van der Waals surface area contributed by atoms with Crippen molar-refractivity contribution < 1.29 is 38.5 Å². The number of carbonyl (C=O) groups is 4. The summed E-state index contributed by atoms with van der Waals surface area (Å²) in [7, 11) is 0. The third-order valence-corrected chi connectivity index (χ3v) is 12.3. The molecule has 0 aromatic heterocycles. The van der Waals surface area contributed by atoms with Crippen molar-refractivity contribution >= 4 is 46.4 Å². The molecular formula is C42H44N4O8. The van der Waals surface area contributed by atoms with Crippen LogP contribution in [0, 0.1) is 29.6 Å². The second-order valence-electron chi connectivity index (χ2n) is 14.9. The topological polar surface area (TPSA) is 129 Å². The lowest BCUT2D eigenvalue weighted by atomic mass is 9.57. The van der Waals surface area contributed by atoms with Crippen molar-refractivity contribution in [3.8, 4) is 11.5 Å². The number of hydrogen-bond acceptors (Lipinski definition) is 10. The molecule has 54 heavy (non-hydrogen) atoms. The van der Waals surface area contributed by atoms with Crippen molar-refractivity contribution in [1.82, 2.24) is 0 Å². The molecule has 2 aliphatic carbocycles. The van der Waals surface area contributed by atoms with Crippen LogP contribution in [0.5, 0.6) is 11.5 Å². The highest BCUT2D eigenvalue weighted by molar-refractivity contribution is 6.24. The van der Waals surface area contributed by atoms with Crippen molar-refractivity contribution in [3.63, 3.8) is 0 Å². The van der Waals surface area contributed by atoms with Gasteiger partial charge in [0, 0.05) is 43.5 Å². The minimum absolute atomic E-state index is 0.0233. The predicted octanol–water partition coefficient (Wildman–Crippen LogP) is 4.51. The maximum absolute atomic E-state index is 14.6. The highest BCUT2D eigenvalue weighted by Gasteiger charge is 2.62. The molecule has 4 saturated heterocycles. The molecule has 1 N–H and O–H groups in total. The summed E-state index contributed by atoms with van der Waals surface area (Å²) in [6.07, 6.45) is 2.66. The van der Waals surface area contributed by atoms with Gasteiger partial charge in [0.05, 0.1) is 68.1 Å². The molecule has 6 unspecified atom stereocenters. The molecule has 6 atom stereocenters. The zero-order valence-corrected chi connectivity index (χ0v) is 30.3. The van der Waals surface area contributed by atoms with Gasteiger partial charge in [0.2, 0.25) is 23.6 Å². The number of carbonyl (C=O) groups excluding carboxylic acids is 4. The fourth-order valence-corrected chi connectivity index (χ4v) is 9.74. The highest BCUT2D eigenvalue weighted by Crippen LogP contribution is 2.59. The van der Waals surface area contributed by atoms with Crippen LogP contribution >= 0.6 is 0 Å². The first-order valence-electron chi connectivity index (χ1n) is 19.1. The van der Waals surface area contributed by atoms with Crippen LogP contribution in [-0.4, -0.2) is 87.9 Å². The Bertz CT molecular complexity index is 2000. The zero-order chi connectivity index (χ0) is 37.1. The Morgan fingerprint density at radius 1 is 0.648 bits per heavy atom. The minimum Gasteiger partial charge on any atom is -0.504 e. The second kappa shape index (κ2) is 13.9. The number of morpholine rings is 2. The van der Waals surface area contributed by atoms with E-state index in [4.69, 9.17) is 14.2 Å². The van der Waals surface area contributed by atoms with Crippen LogP contribution in [0.25, 0.3) is 0 Å². The molecule has 3 aromatic rings. The lowest BCUT2D eigenvalue weighted by Crippen LogP contribution is -2.43. The lowest BCUT2D eigenvalue weighted by molar-refractivity contribution is -0.126. The third kappa shape index (κ3) is 5.65. The standard InChI is InChI=1S/C42H44N4O8/c1-2-54-35-23-25(3-14-34(35)47)36-30-12-13-31-37(41(50)45(39(31)48)28-8-4-26(5-9-28)43-15-19-52-20-16-43)32(30)24-33-38(36)42(51)46(40(33)49)29-10-6-27(7-11-29)44-17-21-53-22-18-44/h3-12,14,23,31-33,36-38,47H,2,13,15-22,24H2,1H3. The monoisotopic (exact) mass is 732 g/mol. The van der Waals surface area contributed by atoms with Crippen LogP contribution in [0.15, 0.2) is 78.4 Å². The summed E-state index contributed by atoms with van der Waals surface area (Å²) in [6.45, 7) is 7.82. The SMILES string of the molecule is CCOc1cc(C2C3=CCC4C(=O)N(c5ccc(N6CCOCC6)cc5)C(=O)C4C3CC3C(=O)N(c4ccc(N5CCOCC5)cc4)C(=O)C32)ccc1O. The number of nitrogens with zero attached hydrogens (tertiary/aromatic N) is 4. The number of aromatic hydroxyl groups is 1.